The van der Waals surface area contributed by atoms with Crippen LogP contribution in [0.1, 0.15) is 18.7 Å². The molecule has 4 rings (SSSR count). The van der Waals surface area contributed by atoms with Crippen molar-refractivity contribution in [1.29, 1.82) is 0 Å². The van der Waals surface area contributed by atoms with E-state index < -0.39 is 0 Å². The summed E-state index contributed by atoms with van der Waals surface area (Å²) in [7, 11) is 0. The first-order chi connectivity index (χ1) is 14.5. The van der Waals surface area contributed by atoms with Crippen LogP contribution < -0.4 is 0 Å². The number of thiophene rings is 1. The minimum atomic E-state index is -0.00536. The highest BCUT2D eigenvalue weighted by Crippen LogP contribution is 2.36. The zero-order valence-electron chi connectivity index (χ0n) is 17.2. The van der Waals surface area contributed by atoms with Gasteiger partial charge < -0.3 is 9.80 Å². The fraction of sp³-hybridized carbons (Fsp3) is 0.348. The van der Waals surface area contributed by atoms with Crippen molar-refractivity contribution in [3.8, 4) is 21.1 Å². The lowest BCUT2D eigenvalue weighted by Crippen LogP contribution is -2.51. The number of aromatic nitrogens is 1. The standard InChI is InChI=1S/C23H25N3O2S2/c1-16(2)23(28)26-12-10-25(11-13-26)20(27)15-19-21(18-9-6-14-29-18)24-22(30-19)17-7-4-3-5-8-17/h3-9,14,16H,10-13,15H2,1-2H3. The number of amides is 2. The summed E-state index contributed by atoms with van der Waals surface area (Å²) in [6.07, 6.45) is 0.343. The van der Waals surface area contributed by atoms with E-state index in [0.29, 0.717) is 32.6 Å². The molecule has 0 atom stereocenters. The molecule has 0 N–H and O–H groups in total. The molecule has 0 radical (unpaired) electrons. The van der Waals surface area contributed by atoms with Gasteiger partial charge in [-0.1, -0.05) is 50.2 Å². The zero-order valence-corrected chi connectivity index (χ0v) is 18.8. The second-order valence-electron chi connectivity index (χ2n) is 7.67. The van der Waals surface area contributed by atoms with E-state index in [0.717, 1.165) is 26.0 Å². The molecule has 3 aromatic rings. The Morgan fingerprint density at radius 1 is 1.00 bits per heavy atom. The normalized spacial score (nSPS) is 14.4. The molecular formula is C23H25N3O2S2. The van der Waals surface area contributed by atoms with Crippen molar-refractivity contribution in [3.05, 3.63) is 52.7 Å². The van der Waals surface area contributed by atoms with Crippen LogP contribution in [-0.2, 0) is 16.0 Å². The molecule has 1 aromatic carbocycles. The van der Waals surface area contributed by atoms with Gasteiger partial charge in [-0.15, -0.1) is 22.7 Å². The molecule has 5 nitrogen and oxygen atoms in total. The maximum atomic E-state index is 13.1. The number of carbonyl (C=O) groups is 2. The highest BCUT2D eigenvalue weighted by Gasteiger charge is 2.27. The predicted octanol–water partition coefficient (Wildman–Crippen LogP) is 4.41. The summed E-state index contributed by atoms with van der Waals surface area (Å²) in [5.41, 5.74) is 1.98. The van der Waals surface area contributed by atoms with Crippen LogP contribution >= 0.6 is 22.7 Å². The lowest BCUT2D eigenvalue weighted by atomic mass is 10.1. The fourth-order valence-corrected chi connectivity index (χ4v) is 5.45. The first-order valence-electron chi connectivity index (χ1n) is 10.2. The van der Waals surface area contributed by atoms with Crippen molar-refractivity contribution in [2.24, 2.45) is 5.92 Å². The number of benzene rings is 1. The lowest BCUT2D eigenvalue weighted by Gasteiger charge is -2.35. The summed E-state index contributed by atoms with van der Waals surface area (Å²) >= 11 is 3.24. The Kier molecular flexibility index (Phi) is 6.29. The van der Waals surface area contributed by atoms with E-state index in [4.69, 9.17) is 4.98 Å². The molecule has 2 aromatic heterocycles. The SMILES string of the molecule is CC(C)C(=O)N1CCN(C(=O)Cc2sc(-c3ccccc3)nc2-c2cccs2)CC1. The van der Waals surface area contributed by atoms with Gasteiger partial charge in [-0.3, -0.25) is 9.59 Å². The van der Waals surface area contributed by atoms with E-state index in [-0.39, 0.29) is 17.7 Å². The van der Waals surface area contributed by atoms with Gasteiger partial charge in [0.15, 0.2) is 0 Å². The topological polar surface area (TPSA) is 53.5 Å². The number of thiazole rings is 1. The maximum Gasteiger partial charge on any atom is 0.228 e. The number of carbonyl (C=O) groups excluding carboxylic acids is 2. The highest BCUT2D eigenvalue weighted by atomic mass is 32.1. The van der Waals surface area contributed by atoms with Gasteiger partial charge in [0.25, 0.3) is 0 Å². The third-order valence-corrected chi connectivity index (χ3v) is 7.20. The van der Waals surface area contributed by atoms with Crippen molar-refractivity contribution < 1.29 is 9.59 Å². The molecular weight excluding hydrogens is 414 g/mol. The monoisotopic (exact) mass is 439 g/mol. The maximum absolute atomic E-state index is 13.1. The van der Waals surface area contributed by atoms with Crippen molar-refractivity contribution in [3.63, 3.8) is 0 Å². The molecule has 1 fully saturated rings. The summed E-state index contributed by atoms with van der Waals surface area (Å²) in [4.78, 5) is 36.0. The molecule has 30 heavy (non-hydrogen) atoms. The van der Waals surface area contributed by atoms with Crippen molar-refractivity contribution >= 4 is 34.5 Å². The number of rotatable bonds is 5. The fourth-order valence-electron chi connectivity index (χ4n) is 3.57. The van der Waals surface area contributed by atoms with E-state index in [1.54, 1.807) is 22.7 Å². The molecule has 0 saturated carbocycles. The van der Waals surface area contributed by atoms with Crippen LogP contribution in [0.4, 0.5) is 0 Å². The van der Waals surface area contributed by atoms with Crippen LogP contribution in [0.5, 0.6) is 0 Å². The van der Waals surface area contributed by atoms with E-state index in [2.05, 4.69) is 6.07 Å². The predicted molar refractivity (Wildman–Crippen MR) is 123 cm³/mol. The minimum absolute atomic E-state index is 0.00536. The molecule has 0 aliphatic carbocycles. The Hall–Kier alpha value is -2.51. The van der Waals surface area contributed by atoms with Crippen LogP contribution in [-0.4, -0.2) is 52.8 Å². The van der Waals surface area contributed by atoms with E-state index >= 15 is 0 Å². The van der Waals surface area contributed by atoms with Crippen LogP contribution in [0, 0.1) is 5.92 Å². The zero-order chi connectivity index (χ0) is 21.1. The van der Waals surface area contributed by atoms with Gasteiger partial charge in [-0.05, 0) is 11.4 Å². The summed E-state index contributed by atoms with van der Waals surface area (Å²) in [6.45, 7) is 6.24. The molecule has 0 unspecified atom stereocenters. The van der Waals surface area contributed by atoms with Gasteiger partial charge >= 0.3 is 0 Å². The third-order valence-electron chi connectivity index (χ3n) is 5.22. The van der Waals surface area contributed by atoms with Gasteiger partial charge in [0.05, 0.1) is 17.0 Å². The molecule has 1 saturated heterocycles. The number of piperazine rings is 1. The summed E-state index contributed by atoms with van der Waals surface area (Å²) < 4.78 is 0. The highest BCUT2D eigenvalue weighted by molar-refractivity contribution is 7.17. The van der Waals surface area contributed by atoms with E-state index in [1.165, 1.54) is 0 Å². The molecule has 3 heterocycles. The van der Waals surface area contributed by atoms with E-state index in [1.807, 2.05) is 65.4 Å². The minimum Gasteiger partial charge on any atom is -0.339 e. The second kappa shape index (κ2) is 9.10. The summed E-state index contributed by atoms with van der Waals surface area (Å²) in [6, 6.07) is 14.2. The molecule has 1 aliphatic heterocycles. The summed E-state index contributed by atoms with van der Waals surface area (Å²) in [5, 5.41) is 2.97. The van der Waals surface area contributed by atoms with Crippen LogP contribution in [0.25, 0.3) is 21.1 Å². The second-order valence-corrected chi connectivity index (χ2v) is 9.70. The average molecular weight is 440 g/mol. The average Bonchev–Trinajstić information content (AvgIpc) is 3.44. The molecule has 0 spiro atoms. The Morgan fingerprint density at radius 2 is 1.70 bits per heavy atom. The molecule has 2 amide bonds. The van der Waals surface area contributed by atoms with Crippen molar-refractivity contribution in [1.82, 2.24) is 14.8 Å². The van der Waals surface area contributed by atoms with Crippen molar-refractivity contribution in [2.45, 2.75) is 20.3 Å². The Bertz CT molecular complexity index is 1000. The molecule has 1 aliphatic rings. The Labute approximate surface area is 185 Å². The van der Waals surface area contributed by atoms with Crippen molar-refractivity contribution in [2.75, 3.05) is 26.2 Å². The van der Waals surface area contributed by atoms with E-state index in [9.17, 15) is 9.59 Å². The molecule has 0 bridgehead atoms. The van der Waals surface area contributed by atoms with Crippen LogP contribution in [0.2, 0.25) is 0 Å². The largest absolute Gasteiger partial charge is 0.339 e. The smallest absolute Gasteiger partial charge is 0.228 e. The Balaban J connectivity index is 1.51. The Morgan fingerprint density at radius 3 is 2.33 bits per heavy atom. The first kappa shape index (κ1) is 20.8. The van der Waals surface area contributed by atoms with Gasteiger partial charge in [0, 0.05) is 42.5 Å². The van der Waals surface area contributed by atoms with Gasteiger partial charge in [-0.2, -0.15) is 0 Å². The first-order valence-corrected chi connectivity index (χ1v) is 11.9. The third kappa shape index (κ3) is 4.47. The van der Waals surface area contributed by atoms with Crippen LogP contribution in [0.3, 0.4) is 0 Å². The number of nitrogens with zero attached hydrogens (tertiary/aromatic N) is 3. The molecule has 7 heteroatoms. The van der Waals surface area contributed by atoms with Gasteiger partial charge in [0.2, 0.25) is 11.8 Å². The lowest BCUT2D eigenvalue weighted by molar-refractivity contribution is -0.141. The quantitative estimate of drug-likeness (QED) is 0.592. The van der Waals surface area contributed by atoms with Crippen LogP contribution in [0.15, 0.2) is 47.8 Å². The number of hydrogen-bond acceptors (Lipinski definition) is 5. The van der Waals surface area contributed by atoms with Gasteiger partial charge in [0.1, 0.15) is 5.01 Å². The number of hydrogen-bond donors (Lipinski definition) is 0. The molecule has 156 valence electrons. The summed E-state index contributed by atoms with van der Waals surface area (Å²) in [5.74, 6) is 0.263. The van der Waals surface area contributed by atoms with Gasteiger partial charge in [-0.25, -0.2) is 4.98 Å².